The third kappa shape index (κ3) is 6.34. The third-order valence-corrected chi connectivity index (χ3v) is 6.45. The Hall–Kier alpha value is -3.59. The molecule has 36 heavy (non-hydrogen) atoms. The molecule has 1 amide bonds. The van der Waals surface area contributed by atoms with Crippen molar-refractivity contribution in [2.75, 3.05) is 27.3 Å². The first-order valence-corrected chi connectivity index (χ1v) is 12.0. The Morgan fingerprint density at radius 1 is 0.833 bits per heavy atom. The van der Waals surface area contributed by atoms with E-state index in [-0.39, 0.29) is 42.1 Å². The number of likely N-dealkylation sites (tertiary alicyclic amines) is 1. The maximum absolute atomic E-state index is 12.3. The Balaban J connectivity index is 1.18. The van der Waals surface area contributed by atoms with Crippen LogP contribution in [-0.2, 0) is 25.6 Å². The number of hydrogen-bond acceptors (Lipinski definition) is 8. The first kappa shape index (κ1) is 25.5. The van der Waals surface area contributed by atoms with Gasteiger partial charge in [0.15, 0.2) is 0 Å². The van der Waals surface area contributed by atoms with Crippen LogP contribution in [-0.4, -0.2) is 68.6 Å². The maximum atomic E-state index is 12.3. The molecule has 0 atom stereocenters. The number of rotatable bonds is 8. The SMILES string of the molecule is COC(=O)c1ccc(OC2CC(OC3CCN(C(=O)OCc4ccccc4)CC3)C2)cc1C(=O)OC. The van der Waals surface area contributed by atoms with E-state index in [0.717, 1.165) is 31.2 Å². The molecule has 1 aliphatic heterocycles. The number of carbonyl (C=O) groups is 3. The lowest BCUT2D eigenvalue weighted by Gasteiger charge is -2.39. The van der Waals surface area contributed by atoms with Crippen LogP contribution in [0.3, 0.4) is 0 Å². The van der Waals surface area contributed by atoms with Crippen LogP contribution in [0.15, 0.2) is 48.5 Å². The van der Waals surface area contributed by atoms with Crippen LogP contribution in [0.1, 0.15) is 52.0 Å². The molecule has 192 valence electrons. The average Bonchev–Trinajstić information content (AvgIpc) is 2.90. The smallest absolute Gasteiger partial charge is 0.410 e. The topological polar surface area (TPSA) is 101 Å². The summed E-state index contributed by atoms with van der Waals surface area (Å²) in [5, 5.41) is 0. The van der Waals surface area contributed by atoms with E-state index in [2.05, 4.69) is 0 Å². The van der Waals surface area contributed by atoms with Gasteiger partial charge in [-0.15, -0.1) is 0 Å². The maximum Gasteiger partial charge on any atom is 0.410 e. The van der Waals surface area contributed by atoms with Crippen molar-refractivity contribution in [2.45, 2.75) is 50.6 Å². The molecule has 9 nitrogen and oxygen atoms in total. The summed E-state index contributed by atoms with van der Waals surface area (Å²) in [4.78, 5) is 38.1. The highest BCUT2D eigenvalue weighted by Gasteiger charge is 2.35. The highest BCUT2D eigenvalue weighted by molar-refractivity contribution is 6.03. The van der Waals surface area contributed by atoms with Crippen molar-refractivity contribution >= 4 is 18.0 Å². The number of esters is 2. The van der Waals surface area contributed by atoms with E-state index < -0.39 is 11.9 Å². The van der Waals surface area contributed by atoms with Gasteiger partial charge in [-0.1, -0.05) is 30.3 Å². The molecule has 0 bridgehead atoms. The molecule has 1 heterocycles. The molecule has 4 rings (SSSR count). The molecule has 2 aliphatic rings. The van der Waals surface area contributed by atoms with E-state index in [9.17, 15) is 14.4 Å². The van der Waals surface area contributed by atoms with E-state index >= 15 is 0 Å². The van der Waals surface area contributed by atoms with Gasteiger partial charge in [0, 0.05) is 25.9 Å². The summed E-state index contributed by atoms with van der Waals surface area (Å²) >= 11 is 0. The number of methoxy groups -OCH3 is 2. The molecule has 9 heteroatoms. The lowest BCUT2D eigenvalue weighted by Crippen LogP contribution is -2.45. The van der Waals surface area contributed by atoms with Crippen molar-refractivity contribution in [3.05, 3.63) is 65.2 Å². The molecule has 0 unspecified atom stereocenters. The number of nitrogens with zero attached hydrogens (tertiary/aromatic N) is 1. The Labute approximate surface area is 210 Å². The minimum Gasteiger partial charge on any atom is -0.490 e. The fourth-order valence-corrected chi connectivity index (χ4v) is 4.34. The van der Waals surface area contributed by atoms with Crippen LogP contribution < -0.4 is 4.74 Å². The minimum atomic E-state index is -0.633. The molecular weight excluding hydrogens is 466 g/mol. The highest BCUT2D eigenvalue weighted by atomic mass is 16.6. The fraction of sp³-hybridized carbons (Fsp3) is 0.444. The summed E-state index contributed by atoms with van der Waals surface area (Å²) in [6, 6.07) is 14.3. The van der Waals surface area contributed by atoms with Crippen LogP contribution in [0.5, 0.6) is 5.75 Å². The van der Waals surface area contributed by atoms with E-state index in [4.69, 9.17) is 23.7 Å². The van der Waals surface area contributed by atoms with Crippen molar-refractivity contribution in [2.24, 2.45) is 0 Å². The van der Waals surface area contributed by atoms with Crippen molar-refractivity contribution in [1.29, 1.82) is 0 Å². The van der Waals surface area contributed by atoms with Crippen molar-refractivity contribution in [3.8, 4) is 5.75 Å². The summed E-state index contributed by atoms with van der Waals surface area (Å²) in [7, 11) is 2.51. The van der Waals surface area contributed by atoms with Gasteiger partial charge in [-0.2, -0.15) is 0 Å². The second-order valence-electron chi connectivity index (χ2n) is 8.89. The normalized spacial score (nSPS) is 19.7. The quantitative estimate of drug-likeness (QED) is 0.399. The molecular formula is C27H31NO8. The molecule has 0 N–H and O–H groups in total. The monoisotopic (exact) mass is 497 g/mol. The summed E-state index contributed by atoms with van der Waals surface area (Å²) in [5.74, 6) is -0.769. The van der Waals surface area contributed by atoms with E-state index in [1.807, 2.05) is 30.3 Å². The van der Waals surface area contributed by atoms with Gasteiger partial charge >= 0.3 is 18.0 Å². The minimum absolute atomic E-state index is 0.0440. The van der Waals surface area contributed by atoms with Gasteiger partial charge in [0.25, 0.3) is 0 Å². The number of amides is 1. The zero-order valence-corrected chi connectivity index (χ0v) is 20.5. The van der Waals surface area contributed by atoms with Crippen LogP contribution >= 0.6 is 0 Å². The van der Waals surface area contributed by atoms with Crippen molar-refractivity contribution in [1.82, 2.24) is 4.90 Å². The number of ether oxygens (including phenoxy) is 5. The van der Waals surface area contributed by atoms with Gasteiger partial charge in [0.2, 0.25) is 0 Å². The number of benzene rings is 2. The van der Waals surface area contributed by atoms with Gasteiger partial charge in [-0.3, -0.25) is 0 Å². The van der Waals surface area contributed by atoms with E-state index in [0.29, 0.717) is 18.8 Å². The molecule has 1 aliphatic carbocycles. The van der Waals surface area contributed by atoms with Crippen LogP contribution in [0.25, 0.3) is 0 Å². The Morgan fingerprint density at radius 2 is 1.50 bits per heavy atom. The standard InChI is InChI=1S/C27H31NO8/c1-32-25(29)23-9-8-20(16-24(23)26(30)33-2)36-22-14-21(15-22)35-19-10-12-28(13-11-19)27(31)34-17-18-6-4-3-5-7-18/h3-9,16,19,21-22H,10-15,17H2,1-2H3. The van der Waals surface area contributed by atoms with Crippen molar-refractivity contribution < 1.29 is 38.1 Å². The Bertz CT molecular complexity index is 1060. The summed E-state index contributed by atoms with van der Waals surface area (Å²) in [6.07, 6.45) is 2.83. The third-order valence-electron chi connectivity index (χ3n) is 6.45. The Kier molecular flexibility index (Phi) is 8.43. The van der Waals surface area contributed by atoms with Crippen LogP contribution in [0.2, 0.25) is 0 Å². The molecule has 1 saturated heterocycles. The molecule has 0 aromatic heterocycles. The molecule has 0 spiro atoms. The van der Waals surface area contributed by atoms with Crippen LogP contribution in [0, 0.1) is 0 Å². The predicted molar refractivity (Wildman–Crippen MR) is 129 cm³/mol. The molecule has 1 saturated carbocycles. The molecule has 2 aromatic rings. The lowest BCUT2D eigenvalue weighted by atomic mass is 9.91. The van der Waals surface area contributed by atoms with Crippen LogP contribution in [0.4, 0.5) is 4.79 Å². The van der Waals surface area contributed by atoms with E-state index in [1.165, 1.54) is 26.4 Å². The van der Waals surface area contributed by atoms with Gasteiger partial charge in [0.1, 0.15) is 18.5 Å². The molecule has 0 radical (unpaired) electrons. The lowest BCUT2D eigenvalue weighted by molar-refractivity contribution is -0.109. The zero-order chi connectivity index (χ0) is 25.5. The number of hydrogen-bond donors (Lipinski definition) is 0. The second kappa shape index (κ2) is 11.9. The predicted octanol–water partition coefficient (Wildman–Crippen LogP) is 3.99. The van der Waals surface area contributed by atoms with Crippen molar-refractivity contribution in [3.63, 3.8) is 0 Å². The summed E-state index contributed by atoms with van der Waals surface area (Å²) < 4.78 is 27.1. The van der Waals surface area contributed by atoms with E-state index in [1.54, 1.807) is 11.0 Å². The average molecular weight is 498 g/mol. The first-order chi connectivity index (χ1) is 17.5. The van der Waals surface area contributed by atoms with Gasteiger partial charge in [-0.05, 0) is 36.6 Å². The summed E-state index contributed by atoms with van der Waals surface area (Å²) in [6.45, 7) is 1.48. The van der Waals surface area contributed by atoms with Gasteiger partial charge < -0.3 is 28.6 Å². The highest BCUT2D eigenvalue weighted by Crippen LogP contribution is 2.32. The largest absolute Gasteiger partial charge is 0.490 e. The van der Waals surface area contributed by atoms with Gasteiger partial charge in [-0.25, -0.2) is 14.4 Å². The second-order valence-corrected chi connectivity index (χ2v) is 8.89. The van der Waals surface area contributed by atoms with Gasteiger partial charge in [0.05, 0.1) is 37.6 Å². The number of piperidine rings is 1. The molecule has 2 aromatic carbocycles. The molecule has 2 fully saturated rings. The Morgan fingerprint density at radius 3 is 2.17 bits per heavy atom. The number of carbonyl (C=O) groups excluding carboxylic acids is 3. The first-order valence-electron chi connectivity index (χ1n) is 12.0. The fourth-order valence-electron chi connectivity index (χ4n) is 4.34. The summed E-state index contributed by atoms with van der Waals surface area (Å²) in [5.41, 5.74) is 1.19. The zero-order valence-electron chi connectivity index (χ0n) is 20.5.